The Morgan fingerprint density at radius 3 is 2.37 bits per heavy atom. The summed E-state index contributed by atoms with van der Waals surface area (Å²) < 4.78 is 26.6. The van der Waals surface area contributed by atoms with Crippen molar-refractivity contribution in [2.24, 2.45) is 0 Å². The number of carbonyl (C=O) groups excluding carboxylic acids is 1. The maximum Gasteiger partial charge on any atom is 0.277 e. The minimum atomic E-state index is -0.252. The maximum absolute atomic E-state index is 12.3. The molecule has 1 aromatic heterocycles. The summed E-state index contributed by atoms with van der Waals surface area (Å²) in [5.74, 6) is 2.42. The number of amides is 1. The second kappa shape index (κ2) is 9.88. The number of benzene rings is 2. The zero-order valence-electron chi connectivity index (χ0n) is 16.9. The molecule has 0 fully saturated rings. The molecule has 0 radical (unpaired) electrons. The Balaban J connectivity index is 1.64. The van der Waals surface area contributed by atoms with Crippen molar-refractivity contribution in [2.45, 2.75) is 5.22 Å². The Kier molecular flexibility index (Phi) is 7.02. The van der Waals surface area contributed by atoms with Crippen LogP contribution in [0.5, 0.6) is 23.0 Å². The third kappa shape index (κ3) is 4.95. The van der Waals surface area contributed by atoms with E-state index in [2.05, 4.69) is 15.5 Å². The van der Waals surface area contributed by atoms with Crippen LogP contribution in [0.2, 0.25) is 0 Å². The number of ether oxygens (including phenoxy) is 4. The highest BCUT2D eigenvalue weighted by atomic mass is 32.2. The van der Waals surface area contributed by atoms with Crippen LogP contribution in [-0.4, -0.2) is 50.3 Å². The Morgan fingerprint density at radius 1 is 0.933 bits per heavy atom. The monoisotopic (exact) mass is 431 g/mol. The third-order valence-corrected chi connectivity index (χ3v) is 4.86. The summed E-state index contributed by atoms with van der Waals surface area (Å²) >= 11 is 1.12. The van der Waals surface area contributed by atoms with Gasteiger partial charge in [0.1, 0.15) is 11.5 Å². The molecule has 0 bridgehead atoms. The Labute approximate surface area is 177 Å². The lowest BCUT2D eigenvalue weighted by Crippen LogP contribution is -2.14. The van der Waals surface area contributed by atoms with E-state index in [9.17, 15) is 4.79 Å². The summed E-state index contributed by atoms with van der Waals surface area (Å²) in [6.45, 7) is 0. The molecule has 3 rings (SSSR count). The van der Waals surface area contributed by atoms with E-state index in [0.717, 1.165) is 11.8 Å². The molecule has 0 aliphatic carbocycles. The zero-order valence-corrected chi connectivity index (χ0v) is 17.7. The van der Waals surface area contributed by atoms with Gasteiger partial charge < -0.3 is 28.7 Å². The molecule has 158 valence electrons. The van der Waals surface area contributed by atoms with Gasteiger partial charge in [0.2, 0.25) is 11.8 Å². The van der Waals surface area contributed by atoms with Crippen molar-refractivity contribution in [2.75, 3.05) is 39.5 Å². The molecule has 2 aromatic carbocycles. The van der Waals surface area contributed by atoms with Gasteiger partial charge in [-0.1, -0.05) is 11.8 Å². The van der Waals surface area contributed by atoms with E-state index < -0.39 is 0 Å². The van der Waals surface area contributed by atoms with E-state index in [1.165, 1.54) is 7.11 Å². The van der Waals surface area contributed by atoms with Gasteiger partial charge in [-0.15, -0.1) is 10.2 Å². The van der Waals surface area contributed by atoms with E-state index in [1.807, 2.05) is 0 Å². The van der Waals surface area contributed by atoms with Crippen molar-refractivity contribution >= 4 is 23.4 Å². The van der Waals surface area contributed by atoms with Crippen LogP contribution in [0.1, 0.15) is 0 Å². The second-order valence-electron chi connectivity index (χ2n) is 5.85. The largest absolute Gasteiger partial charge is 0.497 e. The van der Waals surface area contributed by atoms with Gasteiger partial charge in [-0.2, -0.15) is 0 Å². The lowest BCUT2D eigenvalue weighted by molar-refractivity contribution is -0.113. The van der Waals surface area contributed by atoms with Crippen LogP contribution in [0.3, 0.4) is 0 Å². The van der Waals surface area contributed by atoms with Gasteiger partial charge in [0.25, 0.3) is 5.22 Å². The standard InChI is InChI=1S/C20H21N3O6S/c1-25-13-6-8-15(26-2)14(10-13)21-18(24)11-30-20-23-22-19(29-20)12-5-7-16(27-3)17(9-12)28-4/h5-10H,11H2,1-4H3,(H,21,24). The Hall–Kier alpha value is -3.40. The lowest BCUT2D eigenvalue weighted by atomic mass is 10.2. The summed E-state index contributed by atoms with van der Waals surface area (Å²) in [4.78, 5) is 12.3. The van der Waals surface area contributed by atoms with Gasteiger partial charge in [0, 0.05) is 11.6 Å². The number of hydrogen-bond donors (Lipinski definition) is 1. The molecule has 0 aliphatic heterocycles. The first-order chi connectivity index (χ1) is 14.6. The summed E-state index contributed by atoms with van der Waals surface area (Å²) in [6, 6.07) is 10.4. The molecule has 0 unspecified atom stereocenters. The van der Waals surface area contributed by atoms with Gasteiger partial charge in [-0.25, -0.2) is 0 Å². The van der Waals surface area contributed by atoms with Gasteiger partial charge >= 0.3 is 0 Å². The quantitative estimate of drug-likeness (QED) is 0.510. The molecule has 0 aliphatic rings. The fourth-order valence-electron chi connectivity index (χ4n) is 2.58. The van der Waals surface area contributed by atoms with Crippen molar-refractivity contribution in [1.82, 2.24) is 10.2 Å². The molecule has 0 saturated carbocycles. The molecule has 30 heavy (non-hydrogen) atoms. The number of carbonyl (C=O) groups is 1. The predicted molar refractivity (Wildman–Crippen MR) is 112 cm³/mol. The highest BCUT2D eigenvalue weighted by Gasteiger charge is 2.15. The SMILES string of the molecule is COc1ccc(OC)c(NC(=O)CSc2nnc(-c3ccc(OC)c(OC)c3)o2)c1. The number of nitrogens with zero attached hydrogens (tertiary/aromatic N) is 2. The molecule has 3 aromatic rings. The molecule has 1 N–H and O–H groups in total. The molecular weight excluding hydrogens is 410 g/mol. The third-order valence-electron chi connectivity index (χ3n) is 4.04. The number of methoxy groups -OCH3 is 4. The van der Waals surface area contributed by atoms with Crippen LogP contribution in [0.25, 0.3) is 11.5 Å². The number of anilines is 1. The van der Waals surface area contributed by atoms with Crippen LogP contribution < -0.4 is 24.3 Å². The Morgan fingerprint density at radius 2 is 1.67 bits per heavy atom. The highest BCUT2D eigenvalue weighted by molar-refractivity contribution is 7.99. The first kappa shape index (κ1) is 21.3. The molecule has 0 saturated heterocycles. The molecule has 0 spiro atoms. The number of aromatic nitrogens is 2. The first-order valence-electron chi connectivity index (χ1n) is 8.78. The summed E-state index contributed by atoms with van der Waals surface area (Å²) in [6.07, 6.45) is 0. The molecule has 9 nitrogen and oxygen atoms in total. The van der Waals surface area contributed by atoms with Crippen LogP contribution >= 0.6 is 11.8 Å². The average Bonchev–Trinajstić information content (AvgIpc) is 3.26. The van der Waals surface area contributed by atoms with E-state index in [4.69, 9.17) is 23.4 Å². The maximum atomic E-state index is 12.3. The van der Waals surface area contributed by atoms with Crippen molar-refractivity contribution in [3.63, 3.8) is 0 Å². The van der Waals surface area contributed by atoms with E-state index >= 15 is 0 Å². The zero-order chi connectivity index (χ0) is 21.5. The smallest absolute Gasteiger partial charge is 0.277 e. The van der Waals surface area contributed by atoms with Crippen LogP contribution in [0, 0.1) is 0 Å². The van der Waals surface area contributed by atoms with Crippen molar-refractivity contribution < 1.29 is 28.2 Å². The van der Waals surface area contributed by atoms with E-state index in [0.29, 0.717) is 40.1 Å². The van der Waals surface area contributed by atoms with Crippen LogP contribution in [-0.2, 0) is 4.79 Å². The number of hydrogen-bond acceptors (Lipinski definition) is 9. The van der Waals surface area contributed by atoms with Crippen molar-refractivity contribution in [1.29, 1.82) is 0 Å². The Bertz CT molecular complexity index is 1020. The normalized spacial score (nSPS) is 10.4. The van der Waals surface area contributed by atoms with Crippen molar-refractivity contribution in [3.05, 3.63) is 36.4 Å². The molecule has 10 heteroatoms. The molecule has 1 amide bonds. The molecule has 0 atom stereocenters. The van der Waals surface area contributed by atoms with Gasteiger partial charge in [-0.05, 0) is 30.3 Å². The minimum absolute atomic E-state index is 0.0773. The summed E-state index contributed by atoms with van der Waals surface area (Å²) in [7, 11) is 6.19. The first-order valence-corrected chi connectivity index (χ1v) is 9.77. The fourth-order valence-corrected chi connectivity index (χ4v) is 3.14. The fraction of sp³-hybridized carbons (Fsp3) is 0.250. The van der Waals surface area contributed by atoms with Crippen molar-refractivity contribution in [3.8, 4) is 34.5 Å². The van der Waals surface area contributed by atoms with Gasteiger partial charge in [0.05, 0.1) is 39.9 Å². The highest BCUT2D eigenvalue weighted by Crippen LogP contribution is 2.33. The molecular formula is C20H21N3O6S. The minimum Gasteiger partial charge on any atom is -0.497 e. The van der Waals surface area contributed by atoms with Gasteiger partial charge in [0.15, 0.2) is 11.5 Å². The van der Waals surface area contributed by atoms with Gasteiger partial charge in [-0.3, -0.25) is 4.79 Å². The predicted octanol–water partition coefficient (Wildman–Crippen LogP) is 3.50. The van der Waals surface area contributed by atoms with Crippen LogP contribution in [0.4, 0.5) is 5.69 Å². The average molecular weight is 431 g/mol. The lowest BCUT2D eigenvalue weighted by Gasteiger charge is -2.11. The topological polar surface area (TPSA) is 105 Å². The van der Waals surface area contributed by atoms with E-state index in [-0.39, 0.29) is 16.9 Å². The summed E-state index contributed by atoms with van der Waals surface area (Å²) in [5.41, 5.74) is 1.19. The number of nitrogens with one attached hydrogen (secondary N) is 1. The number of rotatable bonds is 9. The number of thioether (sulfide) groups is 1. The molecule has 1 heterocycles. The second-order valence-corrected chi connectivity index (χ2v) is 6.77. The van der Waals surface area contributed by atoms with E-state index in [1.54, 1.807) is 57.7 Å². The van der Waals surface area contributed by atoms with Crippen LogP contribution in [0.15, 0.2) is 46.0 Å². The summed E-state index contributed by atoms with van der Waals surface area (Å²) in [5, 5.41) is 11.1.